The summed E-state index contributed by atoms with van der Waals surface area (Å²) >= 11 is 4.98. The zero-order chi connectivity index (χ0) is 15.8. The van der Waals surface area contributed by atoms with E-state index in [9.17, 15) is 9.59 Å². The second-order valence-electron chi connectivity index (χ2n) is 4.61. The van der Waals surface area contributed by atoms with Crippen LogP contribution >= 0.6 is 27.7 Å². The number of anilines is 1. The Kier molecular flexibility index (Phi) is 7.77. The van der Waals surface area contributed by atoms with Gasteiger partial charge in [-0.3, -0.25) is 9.59 Å². The Morgan fingerprint density at radius 3 is 2.81 bits per heavy atom. The summed E-state index contributed by atoms with van der Waals surface area (Å²) in [4.78, 5) is 23.5. The molecular weight excluding hydrogens is 354 g/mol. The fourth-order valence-electron chi connectivity index (χ4n) is 1.60. The molecule has 1 rings (SSSR count). The first-order chi connectivity index (χ1) is 9.93. The van der Waals surface area contributed by atoms with Crippen LogP contribution in [0.2, 0.25) is 0 Å². The van der Waals surface area contributed by atoms with Gasteiger partial charge in [0.05, 0.1) is 12.6 Å². The number of amides is 2. The number of rotatable bonds is 7. The Labute approximate surface area is 137 Å². The molecule has 0 radical (unpaired) electrons. The zero-order valence-corrected chi connectivity index (χ0v) is 14.5. The van der Waals surface area contributed by atoms with Gasteiger partial charge in [0.25, 0.3) is 0 Å². The van der Waals surface area contributed by atoms with E-state index in [0.717, 1.165) is 21.5 Å². The molecule has 0 aliphatic rings. The summed E-state index contributed by atoms with van der Waals surface area (Å²) < 4.78 is 0.881. The van der Waals surface area contributed by atoms with Crippen molar-refractivity contribution in [3.8, 4) is 0 Å². The molecular formula is C14H20BrN3O2S. The lowest BCUT2D eigenvalue weighted by Crippen LogP contribution is -2.43. The predicted molar refractivity (Wildman–Crippen MR) is 91.5 cm³/mol. The Bertz CT molecular complexity index is 511. The summed E-state index contributed by atoms with van der Waals surface area (Å²) in [6.45, 7) is 1.82. The second-order valence-corrected chi connectivity index (χ2v) is 6.51. The summed E-state index contributed by atoms with van der Waals surface area (Å²) in [5, 5.41) is 5.31. The number of thioether (sulfide) groups is 1. The molecule has 0 spiro atoms. The lowest BCUT2D eigenvalue weighted by molar-refractivity contribution is -0.125. The maximum Gasteiger partial charge on any atom is 0.243 e. The van der Waals surface area contributed by atoms with Crippen LogP contribution in [0.25, 0.3) is 0 Å². The largest absolute Gasteiger partial charge is 0.346 e. The van der Waals surface area contributed by atoms with Crippen LogP contribution in [0, 0.1) is 6.92 Å². The molecule has 116 valence electrons. The van der Waals surface area contributed by atoms with Crippen molar-refractivity contribution in [2.75, 3.05) is 23.9 Å². The van der Waals surface area contributed by atoms with Crippen LogP contribution in [0.1, 0.15) is 12.0 Å². The standard InChI is InChI=1S/C14H20BrN3O2S/c1-9-3-4-10(15)7-12(9)18-13(19)8-17-14(20)11(16)5-6-21-2/h3-4,7,11H,5-6,8,16H2,1-2H3,(H,17,20)(H,18,19)/t11-/m0/s1. The summed E-state index contributed by atoms with van der Waals surface area (Å²) in [5.41, 5.74) is 7.39. The number of halogens is 1. The van der Waals surface area contributed by atoms with Gasteiger partial charge in [-0.1, -0.05) is 22.0 Å². The molecule has 21 heavy (non-hydrogen) atoms. The number of hydrogen-bond donors (Lipinski definition) is 3. The molecule has 0 heterocycles. The van der Waals surface area contributed by atoms with Crippen molar-refractivity contribution in [1.29, 1.82) is 0 Å². The van der Waals surface area contributed by atoms with Gasteiger partial charge in [0.2, 0.25) is 11.8 Å². The fraction of sp³-hybridized carbons (Fsp3) is 0.429. The summed E-state index contributed by atoms with van der Waals surface area (Å²) in [7, 11) is 0. The number of benzene rings is 1. The fourth-order valence-corrected chi connectivity index (χ4v) is 2.45. The van der Waals surface area contributed by atoms with Gasteiger partial charge in [0.15, 0.2) is 0 Å². The average molecular weight is 374 g/mol. The van der Waals surface area contributed by atoms with Gasteiger partial charge in [0.1, 0.15) is 0 Å². The molecule has 1 atom stereocenters. The number of nitrogens with one attached hydrogen (secondary N) is 2. The highest BCUT2D eigenvalue weighted by molar-refractivity contribution is 9.10. The highest BCUT2D eigenvalue weighted by atomic mass is 79.9. The van der Waals surface area contributed by atoms with Crippen molar-refractivity contribution in [3.63, 3.8) is 0 Å². The number of carbonyl (C=O) groups is 2. The van der Waals surface area contributed by atoms with Crippen molar-refractivity contribution in [1.82, 2.24) is 5.32 Å². The van der Waals surface area contributed by atoms with Crippen molar-refractivity contribution in [3.05, 3.63) is 28.2 Å². The van der Waals surface area contributed by atoms with Crippen LogP contribution in [-0.2, 0) is 9.59 Å². The van der Waals surface area contributed by atoms with Crippen LogP contribution in [0.5, 0.6) is 0 Å². The normalized spacial score (nSPS) is 11.8. The van der Waals surface area contributed by atoms with Gasteiger partial charge in [0, 0.05) is 10.2 Å². The van der Waals surface area contributed by atoms with Crippen molar-refractivity contribution in [2.45, 2.75) is 19.4 Å². The molecule has 1 aromatic rings. The van der Waals surface area contributed by atoms with E-state index in [0.29, 0.717) is 6.42 Å². The molecule has 2 amide bonds. The van der Waals surface area contributed by atoms with Crippen molar-refractivity contribution in [2.24, 2.45) is 5.73 Å². The highest BCUT2D eigenvalue weighted by Gasteiger charge is 2.14. The first kappa shape index (κ1) is 18.0. The topological polar surface area (TPSA) is 84.2 Å². The molecule has 0 aliphatic carbocycles. The van der Waals surface area contributed by atoms with Crippen LogP contribution in [0.4, 0.5) is 5.69 Å². The molecule has 0 saturated carbocycles. The van der Waals surface area contributed by atoms with Crippen LogP contribution in [0.3, 0.4) is 0 Å². The number of nitrogens with two attached hydrogens (primary N) is 1. The van der Waals surface area contributed by atoms with Crippen molar-refractivity contribution >= 4 is 45.2 Å². The molecule has 4 N–H and O–H groups in total. The van der Waals surface area contributed by atoms with Gasteiger partial charge in [-0.05, 0) is 43.0 Å². The van der Waals surface area contributed by atoms with E-state index < -0.39 is 6.04 Å². The zero-order valence-electron chi connectivity index (χ0n) is 12.1. The van der Waals surface area contributed by atoms with E-state index >= 15 is 0 Å². The Morgan fingerprint density at radius 1 is 1.43 bits per heavy atom. The first-order valence-corrected chi connectivity index (χ1v) is 8.71. The van der Waals surface area contributed by atoms with Crippen molar-refractivity contribution < 1.29 is 9.59 Å². The van der Waals surface area contributed by atoms with Gasteiger partial charge in [-0.15, -0.1) is 0 Å². The van der Waals surface area contributed by atoms with E-state index in [1.165, 1.54) is 0 Å². The summed E-state index contributed by atoms with van der Waals surface area (Å²) in [6, 6.07) is 5.05. The minimum Gasteiger partial charge on any atom is -0.346 e. The van der Waals surface area contributed by atoms with E-state index in [2.05, 4.69) is 26.6 Å². The first-order valence-electron chi connectivity index (χ1n) is 6.52. The second kappa shape index (κ2) is 9.07. The quantitative estimate of drug-likeness (QED) is 0.681. The molecule has 0 aliphatic heterocycles. The smallest absolute Gasteiger partial charge is 0.243 e. The Hall–Kier alpha value is -1.05. The molecule has 0 aromatic heterocycles. The molecule has 0 bridgehead atoms. The molecule has 0 saturated heterocycles. The maximum absolute atomic E-state index is 11.8. The van der Waals surface area contributed by atoms with Crippen LogP contribution in [-0.4, -0.2) is 36.4 Å². The van der Waals surface area contributed by atoms with E-state index in [1.807, 2.05) is 31.4 Å². The lowest BCUT2D eigenvalue weighted by Gasteiger charge is -2.12. The summed E-state index contributed by atoms with van der Waals surface area (Å²) in [5.74, 6) is 0.240. The Morgan fingerprint density at radius 2 is 2.14 bits per heavy atom. The molecule has 1 aromatic carbocycles. The third-order valence-electron chi connectivity index (χ3n) is 2.87. The number of aryl methyl sites for hydroxylation is 1. The van der Waals surface area contributed by atoms with Gasteiger partial charge in [-0.2, -0.15) is 11.8 Å². The van der Waals surface area contributed by atoms with Crippen LogP contribution in [0.15, 0.2) is 22.7 Å². The average Bonchev–Trinajstić information content (AvgIpc) is 2.46. The third-order valence-corrected chi connectivity index (χ3v) is 4.00. The van der Waals surface area contributed by atoms with Crippen LogP contribution < -0.4 is 16.4 Å². The maximum atomic E-state index is 11.8. The third kappa shape index (κ3) is 6.50. The SMILES string of the molecule is CSCC[C@H](N)C(=O)NCC(=O)Nc1cc(Br)ccc1C. The van der Waals surface area contributed by atoms with E-state index in [1.54, 1.807) is 11.8 Å². The molecule has 7 heteroatoms. The minimum atomic E-state index is -0.571. The minimum absolute atomic E-state index is 0.0856. The van der Waals surface area contributed by atoms with E-state index in [-0.39, 0.29) is 18.4 Å². The van der Waals surface area contributed by atoms with E-state index in [4.69, 9.17) is 5.73 Å². The highest BCUT2D eigenvalue weighted by Crippen LogP contribution is 2.20. The Balaban J connectivity index is 2.44. The molecule has 5 nitrogen and oxygen atoms in total. The van der Waals surface area contributed by atoms with Gasteiger partial charge < -0.3 is 16.4 Å². The molecule has 0 fully saturated rings. The molecule has 0 unspecified atom stereocenters. The van der Waals surface area contributed by atoms with Gasteiger partial charge >= 0.3 is 0 Å². The summed E-state index contributed by atoms with van der Waals surface area (Å²) in [6.07, 6.45) is 2.55. The van der Waals surface area contributed by atoms with Gasteiger partial charge in [-0.25, -0.2) is 0 Å². The number of hydrogen-bond acceptors (Lipinski definition) is 4. The number of carbonyl (C=O) groups excluding carboxylic acids is 2. The monoisotopic (exact) mass is 373 g/mol. The predicted octanol–water partition coefficient (Wildman–Crippen LogP) is 1.89. The lowest BCUT2D eigenvalue weighted by atomic mass is 10.2.